The van der Waals surface area contributed by atoms with Crippen molar-refractivity contribution < 1.29 is 14.3 Å². The molecule has 0 aliphatic carbocycles. The molecule has 0 bridgehead atoms. The predicted octanol–water partition coefficient (Wildman–Crippen LogP) is 4.54. The summed E-state index contributed by atoms with van der Waals surface area (Å²) in [6.45, 7) is 6.76. The lowest BCUT2D eigenvalue weighted by atomic mass is 9.94. The number of carbonyl (C=O) groups is 1. The summed E-state index contributed by atoms with van der Waals surface area (Å²) < 4.78 is 10.8. The summed E-state index contributed by atoms with van der Waals surface area (Å²) in [6.07, 6.45) is 5.89. The van der Waals surface area contributed by atoms with Crippen LogP contribution in [0.1, 0.15) is 52.0 Å². The molecule has 1 aromatic carbocycles. The second kappa shape index (κ2) is 12.2. The number of nitrogens with zero attached hydrogens (tertiary/aromatic N) is 3. The van der Waals surface area contributed by atoms with Gasteiger partial charge in [0.25, 0.3) is 0 Å². The van der Waals surface area contributed by atoms with E-state index in [1.54, 1.807) is 20.4 Å². The largest absolute Gasteiger partial charge is 0.497 e. The molecule has 2 aromatic heterocycles. The van der Waals surface area contributed by atoms with E-state index in [0.29, 0.717) is 30.4 Å². The van der Waals surface area contributed by atoms with Crippen molar-refractivity contribution >= 4 is 28.7 Å². The molecule has 0 fully saturated rings. The monoisotopic (exact) mass is 480 g/mol. The summed E-state index contributed by atoms with van der Waals surface area (Å²) in [5.41, 5.74) is 1.97. The van der Waals surface area contributed by atoms with Gasteiger partial charge in [-0.2, -0.15) is 4.98 Å². The minimum atomic E-state index is -0.393. The number of rotatable bonds is 13. The van der Waals surface area contributed by atoms with E-state index in [1.165, 1.54) is 6.92 Å². The van der Waals surface area contributed by atoms with Gasteiger partial charge in [-0.25, -0.2) is 4.98 Å². The number of pyridine rings is 1. The molecule has 0 aliphatic rings. The average molecular weight is 481 g/mol. The molecule has 0 spiro atoms. The zero-order valence-corrected chi connectivity index (χ0v) is 21.3. The second-order valence-electron chi connectivity index (χ2n) is 8.85. The SMILES string of the molecule is CCCCC[C@](C)(CNC(C)=O)Nc1nc(NCc2ccc(OC)cc2OC)nc2cccnc12. The van der Waals surface area contributed by atoms with Crippen LogP contribution in [0.25, 0.3) is 11.0 Å². The van der Waals surface area contributed by atoms with Gasteiger partial charge in [0.05, 0.1) is 25.3 Å². The summed E-state index contributed by atoms with van der Waals surface area (Å²) in [5.74, 6) is 2.49. The molecule has 3 N–H and O–H groups in total. The Balaban J connectivity index is 1.88. The van der Waals surface area contributed by atoms with Gasteiger partial charge < -0.3 is 25.4 Å². The van der Waals surface area contributed by atoms with E-state index in [1.807, 2.05) is 30.3 Å². The molecule has 0 saturated carbocycles. The first-order chi connectivity index (χ1) is 16.9. The molecule has 2 heterocycles. The Labute approximate surface area is 207 Å². The van der Waals surface area contributed by atoms with Crippen LogP contribution < -0.4 is 25.4 Å². The Hall–Kier alpha value is -3.62. The molecule has 35 heavy (non-hydrogen) atoms. The van der Waals surface area contributed by atoms with Crippen LogP contribution in [0.3, 0.4) is 0 Å². The third-order valence-electron chi connectivity index (χ3n) is 5.87. The normalized spacial score (nSPS) is 12.6. The van der Waals surface area contributed by atoms with Gasteiger partial charge in [-0.15, -0.1) is 0 Å². The maximum Gasteiger partial charge on any atom is 0.225 e. The van der Waals surface area contributed by atoms with E-state index >= 15 is 0 Å². The van der Waals surface area contributed by atoms with Crippen molar-refractivity contribution in [1.82, 2.24) is 20.3 Å². The lowest BCUT2D eigenvalue weighted by Crippen LogP contribution is -2.46. The van der Waals surface area contributed by atoms with E-state index in [9.17, 15) is 4.79 Å². The molecule has 9 heteroatoms. The van der Waals surface area contributed by atoms with Crippen molar-refractivity contribution in [1.29, 1.82) is 0 Å². The fourth-order valence-corrected chi connectivity index (χ4v) is 3.87. The number of nitrogens with one attached hydrogen (secondary N) is 3. The van der Waals surface area contributed by atoms with E-state index in [2.05, 4.69) is 39.8 Å². The Bertz CT molecular complexity index is 1140. The minimum absolute atomic E-state index is 0.0602. The number of amides is 1. The summed E-state index contributed by atoms with van der Waals surface area (Å²) in [4.78, 5) is 25.6. The fourth-order valence-electron chi connectivity index (χ4n) is 3.87. The van der Waals surface area contributed by atoms with E-state index in [0.717, 1.165) is 48.3 Å². The fraction of sp³-hybridized carbons (Fsp3) is 0.462. The third-order valence-corrected chi connectivity index (χ3v) is 5.87. The van der Waals surface area contributed by atoms with Gasteiger partial charge in [0.15, 0.2) is 5.82 Å². The first kappa shape index (κ1) is 26.0. The molecule has 1 atom stereocenters. The molecular weight excluding hydrogens is 444 g/mol. The predicted molar refractivity (Wildman–Crippen MR) is 139 cm³/mol. The number of unbranched alkanes of at least 4 members (excludes halogenated alkanes) is 2. The Morgan fingerprint density at radius 2 is 1.94 bits per heavy atom. The number of methoxy groups -OCH3 is 2. The summed E-state index contributed by atoms with van der Waals surface area (Å²) >= 11 is 0. The van der Waals surface area contributed by atoms with Crippen molar-refractivity contribution in [3.63, 3.8) is 0 Å². The molecule has 3 aromatic rings. The summed E-state index contributed by atoms with van der Waals surface area (Å²) in [5, 5.41) is 9.85. The third kappa shape index (κ3) is 7.18. The zero-order valence-electron chi connectivity index (χ0n) is 21.3. The number of hydrogen-bond donors (Lipinski definition) is 3. The second-order valence-corrected chi connectivity index (χ2v) is 8.85. The quantitative estimate of drug-likeness (QED) is 0.306. The minimum Gasteiger partial charge on any atom is -0.497 e. The maximum atomic E-state index is 11.6. The molecule has 9 nitrogen and oxygen atoms in total. The number of aromatic nitrogens is 3. The lowest BCUT2D eigenvalue weighted by molar-refractivity contribution is -0.119. The number of anilines is 2. The standard InChI is InChI=1S/C26H36N6O3/c1-6-7-8-13-26(3,17-29-18(2)33)32-24-23-21(10-9-14-27-23)30-25(31-24)28-16-19-11-12-20(34-4)15-22(19)35-5/h9-12,14-15H,6-8,13,16-17H2,1-5H3,(H,29,33)(H2,28,30,31,32)/t26-/m1/s1. The van der Waals surface area contributed by atoms with Crippen molar-refractivity contribution in [3.05, 3.63) is 42.1 Å². The van der Waals surface area contributed by atoms with Crippen LogP contribution in [0.5, 0.6) is 11.5 Å². The van der Waals surface area contributed by atoms with E-state index in [4.69, 9.17) is 14.5 Å². The van der Waals surface area contributed by atoms with E-state index in [-0.39, 0.29) is 5.91 Å². The topological polar surface area (TPSA) is 110 Å². The molecule has 1 amide bonds. The van der Waals surface area contributed by atoms with Crippen molar-refractivity contribution in [3.8, 4) is 11.5 Å². The smallest absolute Gasteiger partial charge is 0.225 e. The molecule has 0 radical (unpaired) electrons. The van der Waals surface area contributed by atoms with Crippen molar-refractivity contribution in [2.24, 2.45) is 0 Å². The van der Waals surface area contributed by atoms with Gasteiger partial charge in [0, 0.05) is 37.8 Å². The number of fused-ring (bicyclic) bond motifs is 1. The van der Waals surface area contributed by atoms with Crippen LogP contribution in [-0.2, 0) is 11.3 Å². The lowest BCUT2D eigenvalue weighted by Gasteiger charge is -2.32. The van der Waals surface area contributed by atoms with Gasteiger partial charge in [0.2, 0.25) is 11.9 Å². The summed E-state index contributed by atoms with van der Waals surface area (Å²) in [6, 6.07) is 9.45. The van der Waals surface area contributed by atoms with Gasteiger partial charge in [-0.3, -0.25) is 9.78 Å². The maximum absolute atomic E-state index is 11.6. The molecule has 188 valence electrons. The zero-order chi connectivity index (χ0) is 25.3. The van der Waals surface area contributed by atoms with Crippen LogP contribution in [0.2, 0.25) is 0 Å². The molecular formula is C26H36N6O3. The highest BCUT2D eigenvalue weighted by molar-refractivity contribution is 5.86. The Morgan fingerprint density at radius 1 is 1.11 bits per heavy atom. The van der Waals surface area contributed by atoms with Gasteiger partial charge >= 0.3 is 0 Å². The average Bonchev–Trinajstić information content (AvgIpc) is 2.86. The van der Waals surface area contributed by atoms with Gasteiger partial charge in [0.1, 0.15) is 17.0 Å². The summed E-state index contributed by atoms with van der Waals surface area (Å²) in [7, 11) is 3.26. The molecule has 0 aliphatic heterocycles. The number of hydrogen-bond acceptors (Lipinski definition) is 8. The van der Waals surface area contributed by atoms with Crippen LogP contribution in [-0.4, -0.2) is 47.2 Å². The molecule has 3 rings (SSSR count). The Morgan fingerprint density at radius 3 is 2.66 bits per heavy atom. The van der Waals surface area contributed by atoms with Gasteiger partial charge in [-0.05, 0) is 37.6 Å². The van der Waals surface area contributed by atoms with Crippen LogP contribution in [0.4, 0.5) is 11.8 Å². The number of ether oxygens (including phenoxy) is 2. The van der Waals surface area contributed by atoms with E-state index < -0.39 is 5.54 Å². The molecule has 0 unspecified atom stereocenters. The molecule has 0 saturated heterocycles. The van der Waals surface area contributed by atoms with Crippen LogP contribution >= 0.6 is 0 Å². The first-order valence-corrected chi connectivity index (χ1v) is 12.0. The van der Waals surface area contributed by atoms with Gasteiger partial charge in [-0.1, -0.05) is 26.2 Å². The number of carbonyl (C=O) groups excluding carboxylic acids is 1. The first-order valence-electron chi connectivity index (χ1n) is 12.0. The van der Waals surface area contributed by atoms with Crippen molar-refractivity contribution in [2.75, 3.05) is 31.4 Å². The highest BCUT2D eigenvalue weighted by Crippen LogP contribution is 2.28. The highest BCUT2D eigenvalue weighted by Gasteiger charge is 2.26. The van der Waals surface area contributed by atoms with Crippen LogP contribution in [0, 0.1) is 0 Å². The number of benzene rings is 1. The highest BCUT2D eigenvalue weighted by atomic mass is 16.5. The van der Waals surface area contributed by atoms with Crippen LogP contribution in [0.15, 0.2) is 36.5 Å². The Kier molecular flexibility index (Phi) is 9.05. The van der Waals surface area contributed by atoms with Crippen molar-refractivity contribution in [2.45, 2.75) is 58.5 Å².